The fourth-order valence-electron chi connectivity index (χ4n) is 2.61. The number of aryl methyl sites for hydroxylation is 1. The Hall–Kier alpha value is -0.570. The van der Waals surface area contributed by atoms with Gasteiger partial charge < -0.3 is 5.73 Å². The van der Waals surface area contributed by atoms with E-state index in [0.717, 1.165) is 24.5 Å². The third-order valence-corrected chi connectivity index (χ3v) is 3.80. The lowest BCUT2D eigenvalue weighted by atomic mass is 9.96. The first-order valence-electron chi connectivity index (χ1n) is 5.78. The van der Waals surface area contributed by atoms with E-state index in [4.69, 9.17) is 17.3 Å². The molecule has 88 valence electrons. The molecule has 2 nitrogen and oxygen atoms in total. The molecule has 1 aromatic carbocycles. The first-order chi connectivity index (χ1) is 7.61. The number of benzene rings is 1. The molecule has 1 fully saturated rings. The Labute approximate surface area is 102 Å². The third-order valence-electron chi connectivity index (χ3n) is 3.57. The largest absolute Gasteiger partial charge is 0.330 e. The second-order valence-corrected chi connectivity index (χ2v) is 5.23. The Morgan fingerprint density at radius 1 is 1.50 bits per heavy atom. The molecule has 1 heterocycles. The van der Waals surface area contributed by atoms with Gasteiger partial charge in [0.15, 0.2) is 0 Å². The maximum atomic E-state index is 6.07. The molecule has 0 saturated carbocycles. The first-order valence-corrected chi connectivity index (χ1v) is 6.16. The zero-order chi connectivity index (χ0) is 11.7. The van der Waals surface area contributed by atoms with Gasteiger partial charge in [-0.25, -0.2) is 0 Å². The number of nitrogens with zero attached hydrogens (tertiary/aromatic N) is 1. The second kappa shape index (κ2) is 4.74. The van der Waals surface area contributed by atoms with E-state index in [2.05, 4.69) is 31.0 Å². The van der Waals surface area contributed by atoms with Gasteiger partial charge >= 0.3 is 0 Å². The topological polar surface area (TPSA) is 29.3 Å². The molecule has 1 saturated heterocycles. The summed E-state index contributed by atoms with van der Waals surface area (Å²) in [5.41, 5.74) is 8.42. The van der Waals surface area contributed by atoms with E-state index in [0.29, 0.717) is 12.0 Å². The molecule has 2 N–H and O–H groups in total. The maximum absolute atomic E-state index is 6.07. The predicted octanol–water partition coefficient (Wildman–Crippen LogP) is 2.60. The van der Waals surface area contributed by atoms with Gasteiger partial charge in [-0.2, -0.15) is 0 Å². The van der Waals surface area contributed by atoms with E-state index >= 15 is 0 Å². The van der Waals surface area contributed by atoms with Crippen LogP contribution in [0.15, 0.2) is 18.2 Å². The highest BCUT2D eigenvalue weighted by atomic mass is 35.5. The van der Waals surface area contributed by atoms with Crippen LogP contribution >= 0.6 is 11.6 Å². The van der Waals surface area contributed by atoms with Crippen LogP contribution in [0.1, 0.15) is 23.6 Å². The summed E-state index contributed by atoms with van der Waals surface area (Å²) in [5, 5.41) is 0.824. The van der Waals surface area contributed by atoms with Gasteiger partial charge in [-0.1, -0.05) is 17.7 Å². The molecule has 1 aromatic rings. The van der Waals surface area contributed by atoms with Crippen molar-refractivity contribution in [2.75, 3.05) is 20.1 Å². The van der Waals surface area contributed by atoms with Gasteiger partial charge in [0.1, 0.15) is 0 Å². The van der Waals surface area contributed by atoms with Gasteiger partial charge in [-0.05, 0) is 56.1 Å². The number of likely N-dealkylation sites (tertiary alicyclic amines) is 1. The zero-order valence-corrected chi connectivity index (χ0v) is 10.7. The molecule has 3 heteroatoms. The highest BCUT2D eigenvalue weighted by Gasteiger charge is 2.30. The molecule has 0 aromatic heterocycles. The fourth-order valence-corrected chi connectivity index (χ4v) is 2.79. The van der Waals surface area contributed by atoms with Crippen molar-refractivity contribution < 1.29 is 0 Å². The Morgan fingerprint density at radius 2 is 2.25 bits per heavy atom. The summed E-state index contributed by atoms with van der Waals surface area (Å²) in [7, 11) is 2.17. The molecule has 1 aliphatic rings. The maximum Gasteiger partial charge on any atom is 0.0409 e. The molecule has 0 bridgehead atoms. The van der Waals surface area contributed by atoms with Crippen LogP contribution in [-0.2, 0) is 0 Å². The van der Waals surface area contributed by atoms with E-state index in [-0.39, 0.29) is 0 Å². The molecular weight excluding hydrogens is 220 g/mol. The summed E-state index contributed by atoms with van der Waals surface area (Å²) < 4.78 is 0. The van der Waals surface area contributed by atoms with Crippen LogP contribution in [0.4, 0.5) is 0 Å². The van der Waals surface area contributed by atoms with E-state index in [9.17, 15) is 0 Å². The number of nitrogens with two attached hydrogens (primary N) is 1. The number of halogens is 1. The van der Waals surface area contributed by atoms with Crippen molar-refractivity contribution in [3.05, 3.63) is 34.3 Å². The average Bonchev–Trinajstić information content (AvgIpc) is 2.63. The van der Waals surface area contributed by atoms with Crippen LogP contribution in [0.25, 0.3) is 0 Å². The van der Waals surface area contributed by atoms with Crippen molar-refractivity contribution in [1.82, 2.24) is 4.90 Å². The highest BCUT2D eigenvalue weighted by molar-refractivity contribution is 6.30. The van der Waals surface area contributed by atoms with Crippen molar-refractivity contribution >= 4 is 11.6 Å². The lowest BCUT2D eigenvalue weighted by Gasteiger charge is -2.21. The molecule has 2 rings (SSSR count). The monoisotopic (exact) mass is 238 g/mol. The van der Waals surface area contributed by atoms with Crippen molar-refractivity contribution in [3.8, 4) is 0 Å². The van der Waals surface area contributed by atoms with Crippen molar-refractivity contribution in [1.29, 1.82) is 0 Å². The second-order valence-electron chi connectivity index (χ2n) is 4.79. The lowest BCUT2D eigenvalue weighted by molar-refractivity contribution is 0.313. The van der Waals surface area contributed by atoms with Crippen LogP contribution < -0.4 is 5.73 Å². The minimum absolute atomic E-state index is 0.479. The van der Waals surface area contributed by atoms with E-state index in [1.807, 2.05) is 6.07 Å². The summed E-state index contributed by atoms with van der Waals surface area (Å²) >= 11 is 6.07. The number of hydrogen-bond acceptors (Lipinski definition) is 2. The summed E-state index contributed by atoms with van der Waals surface area (Å²) in [6.45, 7) is 4.02. The summed E-state index contributed by atoms with van der Waals surface area (Å²) in [4.78, 5) is 2.39. The molecule has 0 radical (unpaired) electrons. The van der Waals surface area contributed by atoms with Crippen LogP contribution in [0.2, 0.25) is 5.02 Å². The zero-order valence-electron chi connectivity index (χ0n) is 9.91. The molecule has 2 unspecified atom stereocenters. The lowest BCUT2D eigenvalue weighted by Crippen LogP contribution is -2.20. The van der Waals surface area contributed by atoms with Gasteiger partial charge in [0.25, 0.3) is 0 Å². The fraction of sp³-hybridized carbons (Fsp3) is 0.538. The average molecular weight is 239 g/mol. The van der Waals surface area contributed by atoms with Crippen LogP contribution in [0.3, 0.4) is 0 Å². The van der Waals surface area contributed by atoms with Crippen molar-refractivity contribution in [2.45, 2.75) is 19.4 Å². The molecule has 1 aliphatic heterocycles. The smallest absolute Gasteiger partial charge is 0.0409 e. The number of hydrogen-bond donors (Lipinski definition) is 1. The molecule has 16 heavy (non-hydrogen) atoms. The number of rotatable bonds is 2. The molecular formula is C13H19ClN2. The van der Waals surface area contributed by atoms with Gasteiger partial charge in [-0.15, -0.1) is 0 Å². The molecule has 0 spiro atoms. The minimum atomic E-state index is 0.479. The van der Waals surface area contributed by atoms with Gasteiger partial charge in [-0.3, -0.25) is 4.90 Å². The Morgan fingerprint density at radius 3 is 2.88 bits per heavy atom. The Balaban J connectivity index is 2.27. The van der Waals surface area contributed by atoms with Crippen LogP contribution in [0.5, 0.6) is 0 Å². The molecule has 0 amide bonds. The van der Waals surface area contributed by atoms with Gasteiger partial charge in [0.2, 0.25) is 0 Å². The Kier molecular flexibility index (Phi) is 3.53. The quantitative estimate of drug-likeness (QED) is 0.858. The normalized spacial score (nSPS) is 26.2. The van der Waals surface area contributed by atoms with Crippen molar-refractivity contribution in [2.24, 2.45) is 11.7 Å². The van der Waals surface area contributed by atoms with Gasteiger partial charge in [0, 0.05) is 17.6 Å². The Bertz CT molecular complexity index is 378. The predicted molar refractivity (Wildman–Crippen MR) is 68.7 cm³/mol. The standard InChI is InChI=1S/C13H19ClN2/c1-9-3-4-11(14)6-12(9)13-5-10(7-15)8-16(13)2/h3-4,6,10,13H,5,7-8,15H2,1-2H3. The third kappa shape index (κ3) is 2.24. The van der Waals surface area contributed by atoms with E-state index in [1.165, 1.54) is 11.1 Å². The van der Waals surface area contributed by atoms with Crippen LogP contribution in [0, 0.1) is 12.8 Å². The van der Waals surface area contributed by atoms with Gasteiger partial charge in [0.05, 0.1) is 0 Å². The summed E-state index contributed by atoms with van der Waals surface area (Å²) in [5.74, 6) is 0.619. The van der Waals surface area contributed by atoms with E-state index in [1.54, 1.807) is 0 Å². The van der Waals surface area contributed by atoms with Crippen molar-refractivity contribution in [3.63, 3.8) is 0 Å². The minimum Gasteiger partial charge on any atom is -0.330 e. The van der Waals surface area contributed by atoms with E-state index < -0.39 is 0 Å². The summed E-state index contributed by atoms with van der Waals surface area (Å²) in [6.07, 6.45) is 1.15. The SMILES string of the molecule is Cc1ccc(Cl)cc1C1CC(CN)CN1C. The highest BCUT2D eigenvalue weighted by Crippen LogP contribution is 2.36. The van der Waals surface area contributed by atoms with Crippen LogP contribution in [-0.4, -0.2) is 25.0 Å². The molecule has 0 aliphatic carbocycles. The first kappa shape index (κ1) is 11.9. The summed E-state index contributed by atoms with van der Waals surface area (Å²) in [6, 6.07) is 6.63. The molecule has 2 atom stereocenters.